The van der Waals surface area contributed by atoms with Gasteiger partial charge in [0.05, 0.1) is 0 Å². The van der Waals surface area contributed by atoms with E-state index in [-0.39, 0.29) is 0 Å². The first-order chi connectivity index (χ1) is 10.5. The molecule has 0 amide bonds. The van der Waals surface area contributed by atoms with Gasteiger partial charge in [-0.3, -0.25) is 0 Å². The third-order valence-corrected chi connectivity index (χ3v) is 3.18. The molecule has 0 bridgehead atoms. The van der Waals surface area contributed by atoms with Crippen molar-refractivity contribution in [1.82, 2.24) is 0 Å². The molecule has 0 aliphatic rings. The molecular formula is C22H30. The number of rotatable bonds is 2. The summed E-state index contributed by atoms with van der Waals surface area (Å²) in [5, 5.41) is 0. The lowest BCUT2D eigenvalue weighted by Gasteiger charge is -2.01. The lowest BCUT2D eigenvalue weighted by Crippen LogP contribution is -1.83. The fourth-order valence-corrected chi connectivity index (χ4v) is 1.68. The van der Waals surface area contributed by atoms with Crippen molar-refractivity contribution in [2.75, 3.05) is 0 Å². The first kappa shape index (κ1) is 20.0. The van der Waals surface area contributed by atoms with E-state index in [1.54, 1.807) is 0 Å². The van der Waals surface area contributed by atoms with Crippen molar-refractivity contribution in [2.24, 2.45) is 0 Å². The highest BCUT2D eigenvalue weighted by molar-refractivity contribution is 5.18. The Hall–Kier alpha value is -2.00. The molecule has 0 aromatic heterocycles. The molecule has 2 aromatic carbocycles. The largest absolute Gasteiger partial charge is 0.107 e. The monoisotopic (exact) mass is 294 g/mol. The molecule has 22 heavy (non-hydrogen) atoms. The Balaban J connectivity index is 0.000000326. The third kappa shape index (κ3) is 9.83. The molecule has 0 unspecified atom stereocenters. The predicted octanol–water partition coefficient (Wildman–Crippen LogP) is 6.65. The molecule has 0 N–H and O–H groups in total. The molecule has 0 saturated carbocycles. The van der Waals surface area contributed by atoms with Crippen LogP contribution in [0.4, 0.5) is 0 Å². The van der Waals surface area contributed by atoms with E-state index in [9.17, 15) is 0 Å². The van der Waals surface area contributed by atoms with Crippen LogP contribution in [0.1, 0.15) is 64.5 Å². The standard InChI is InChI=1S/2C9H12.C4H6/c2*1-8(2)9-6-4-3-5-7-9;1-3-4-2/h2*3-8H,1-2H3;1-2H3. The topological polar surface area (TPSA) is 0 Å². The van der Waals surface area contributed by atoms with Crippen LogP contribution in [0.15, 0.2) is 60.7 Å². The first-order valence-corrected chi connectivity index (χ1v) is 7.96. The number of hydrogen-bond donors (Lipinski definition) is 0. The van der Waals surface area contributed by atoms with Crippen LogP contribution in [-0.4, -0.2) is 0 Å². The van der Waals surface area contributed by atoms with Crippen molar-refractivity contribution in [3.8, 4) is 11.8 Å². The lowest BCUT2D eigenvalue weighted by molar-refractivity contribution is 0.867. The molecule has 0 aliphatic carbocycles. The first-order valence-electron chi connectivity index (χ1n) is 7.96. The second-order valence-electron chi connectivity index (χ2n) is 5.63. The van der Waals surface area contributed by atoms with E-state index in [0.29, 0.717) is 11.8 Å². The van der Waals surface area contributed by atoms with Gasteiger partial charge in [-0.1, -0.05) is 88.4 Å². The second kappa shape index (κ2) is 12.7. The zero-order valence-electron chi connectivity index (χ0n) is 14.9. The van der Waals surface area contributed by atoms with Gasteiger partial charge in [-0.2, -0.15) is 0 Å². The summed E-state index contributed by atoms with van der Waals surface area (Å²) in [6, 6.07) is 21.0. The van der Waals surface area contributed by atoms with Gasteiger partial charge in [0, 0.05) is 0 Å². The maximum absolute atomic E-state index is 2.68. The summed E-state index contributed by atoms with van der Waals surface area (Å²) in [6.07, 6.45) is 0. The molecule has 0 nitrogen and oxygen atoms in total. The van der Waals surface area contributed by atoms with Gasteiger partial charge in [-0.15, -0.1) is 11.8 Å². The molecular weight excluding hydrogens is 264 g/mol. The minimum Gasteiger partial charge on any atom is -0.107 e. The van der Waals surface area contributed by atoms with Crippen LogP contribution in [0.3, 0.4) is 0 Å². The van der Waals surface area contributed by atoms with Crippen LogP contribution >= 0.6 is 0 Å². The van der Waals surface area contributed by atoms with Crippen LogP contribution < -0.4 is 0 Å². The van der Waals surface area contributed by atoms with Crippen LogP contribution in [0.2, 0.25) is 0 Å². The third-order valence-electron chi connectivity index (χ3n) is 3.18. The molecule has 0 radical (unpaired) electrons. The van der Waals surface area contributed by atoms with E-state index in [1.165, 1.54) is 11.1 Å². The maximum Gasteiger partial charge on any atom is -0.00271 e. The molecule has 0 heterocycles. The normalized spacial score (nSPS) is 8.91. The number of benzene rings is 2. The molecule has 0 saturated heterocycles. The van der Waals surface area contributed by atoms with Crippen molar-refractivity contribution in [3.05, 3.63) is 71.8 Å². The number of hydrogen-bond acceptors (Lipinski definition) is 0. The molecule has 2 rings (SSSR count). The zero-order chi connectivity index (χ0) is 16.8. The van der Waals surface area contributed by atoms with Gasteiger partial charge in [0.15, 0.2) is 0 Å². The quantitative estimate of drug-likeness (QED) is 0.544. The highest BCUT2D eigenvalue weighted by atomic mass is 14.0. The summed E-state index contributed by atoms with van der Waals surface area (Å²) < 4.78 is 0. The van der Waals surface area contributed by atoms with Crippen molar-refractivity contribution >= 4 is 0 Å². The summed E-state index contributed by atoms with van der Waals surface area (Å²) in [5.41, 5.74) is 2.83. The van der Waals surface area contributed by atoms with Gasteiger partial charge in [-0.05, 0) is 36.8 Å². The van der Waals surface area contributed by atoms with Crippen molar-refractivity contribution in [2.45, 2.75) is 53.4 Å². The maximum atomic E-state index is 2.68. The Morgan fingerprint density at radius 2 is 0.818 bits per heavy atom. The molecule has 0 fully saturated rings. The lowest BCUT2D eigenvalue weighted by atomic mass is 10.0. The Labute approximate surface area is 137 Å². The highest BCUT2D eigenvalue weighted by Crippen LogP contribution is 2.12. The molecule has 0 aliphatic heterocycles. The van der Waals surface area contributed by atoms with Crippen molar-refractivity contribution < 1.29 is 0 Å². The van der Waals surface area contributed by atoms with E-state index in [0.717, 1.165) is 0 Å². The Morgan fingerprint density at radius 1 is 0.545 bits per heavy atom. The summed E-state index contributed by atoms with van der Waals surface area (Å²) in [6.45, 7) is 12.5. The smallest absolute Gasteiger partial charge is 0.00271 e. The van der Waals surface area contributed by atoms with Gasteiger partial charge in [0.25, 0.3) is 0 Å². The summed E-state index contributed by atoms with van der Waals surface area (Å²) >= 11 is 0. The molecule has 118 valence electrons. The van der Waals surface area contributed by atoms with Crippen LogP contribution in [0.5, 0.6) is 0 Å². The average Bonchev–Trinajstić information content (AvgIpc) is 2.57. The fourth-order valence-electron chi connectivity index (χ4n) is 1.68. The van der Waals surface area contributed by atoms with Crippen molar-refractivity contribution in [3.63, 3.8) is 0 Å². The summed E-state index contributed by atoms with van der Waals surface area (Å²) in [7, 11) is 0. The van der Waals surface area contributed by atoms with Crippen molar-refractivity contribution in [1.29, 1.82) is 0 Å². The van der Waals surface area contributed by atoms with Crippen LogP contribution in [0.25, 0.3) is 0 Å². The van der Waals surface area contributed by atoms with E-state index in [1.807, 2.05) is 26.0 Å². The fraction of sp³-hybridized carbons (Fsp3) is 0.364. The van der Waals surface area contributed by atoms with E-state index < -0.39 is 0 Å². The van der Waals surface area contributed by atoms with Gasteiger partial charge in [0.2, 0.25) is 0 Å². The predicted molar refractivity (Wildman–Crippen MR) is 100 cm³/mol. The molecule has 0 atom stereocenters. The van der Waals surface area contributed by atoms with Crippen LogP contribution in [-0.2, 0) is 0 Å². The Kier molecular flexibility index (Phi) is 11.6. The molecule has 0 spiro atoms. The van der Waals surface area contributed by atoms with Gasteiger partial charge < -0.3 is 0 Å². The van der Waals surface area contributed by atoms with E-state index in [2.05, 4.69) is 88.1 Å². The summed E-state index contributed by atoms with van der Waals surface area (Å²) in [5.74, 6) is 6.68. The molecule has 0 heteroatoms. The second-order valence-corrected chi connectivity index (χ2v) is 5.63. The van der Waals surface area contributed by atoms with Gasteiger partial charge in [-0.25, -0.2) is 0 Å². The van der Waals surface area contributed by atoms with Crippen LogP contribution in [0, 0.1) is 11.8 Å². The van der Waals surface area contributed by atoms with E-state index in [4.69, 9.17) is 0 Å². The zero-order valence-corrected chi connectivity index (χ0v) is 14.9. The summed E-state index contributed by atoms with van der Waals surface area (Å²) in [4.78, 5) is 0. The van der Waals surface area contributed by atoms with E-state index >= 15 is 0 Å². The van der Waals surface area contributed by atoms with Gasteiger partial charge >= 0.3 is 0 Å². The minimum atomic E-state index is 0.659. The Morgan fingerprint density at radius 3 is 0.955 bits per heavy atom. The minimum absolute atomic E-state index is 0.659. The highest BCUT2D eigenvalue weighted by Gasteiger charge is 1.94. The SMILES string of the molecule is CC#CC.CC(C)c1ccccc1.CC(C)c1ccccc1. The Bertz CT molecular complexity index is 475. The average molecular weight is 294 g/mol. The van der Waals surface area contributed by atoms with Gasteiger partial charge in [0.1, 0.15) is 0 Å². The molecule has 2 aromatic rings.